The van der Waals surface area contributed by atoms with Crippen LogP contribution in [0.25, 0.3) is 0 Å². The van der Waals surface area contributed by atoms with Crippen LogP contribution in [0.1, 0.15) is 31.2 Å². The third kappa shape index (κ3) is 2.72. The predicted octanol–water partition coefficient (Wildman–Crippen LogP) is 2.63. The number of rotatable bonds is 5. The van der Waals surface area contributed by atoms with Crippen LogP contribution in [-0.4, -0.2) is 25.8 Å². The highest BCUT2D eigenvalue weighted by Gasteiger charge is 2.45. The normalized spacial score (nSPS) is 32.5. The van der Waals surface area contributed by atoms with Gasteiger partial charge < -0.3 is 10.1 Å². The summed E-state index contributed by atoms with van der Waals surface area (Å²) in [5, 5.41) is 13.1. The Morgan fingerprint density at radius 2 is 2.10 bits per heavy atom. The van der Waals surface area contributed by atoms with E-state index in [2.05, 4.69) is 23.5 Å². The lowest BCUT2D eigenvalue weighted by Crippen LogP contribution is -2.51. The first-order valence-corrected chi connectivity index (χ1v) is 7.60. The van der Waals surface area contributed by atoms with Gasteiger partial charge in [-0.1, -0.05) is 30.3 Å². The Bertz CT molecular complexity index is 468. The van der Waals surface area contributed by atoms with E-state index in [1.165, 1.54) is 18.4 Å². The highest BCUT2D eigenvalue weighted by Crippen LogP contribution is 2.43. The summed E-state index contributed by atoms with van der Waals surface area (Å²) in [5.74, 6) is 0.734. The Morgan fingerprint density at radius 1 is 1.30 bits per heavy atom. The van der Waals surface area contributed by atoms with Crippen LogP contribution in [0.15, 0.2) is 30.3 Å². The minimum absolute atomic E-state index is 0.255. The molecule has 1 saturated carbocycles. The minimum atomic E-state index is -0.255. The zero-order valence-corrected chi connectivity index (χ0v) is 11.8. The van der Waals surface area contributed by atoms with Crippen molar-refractivity contribution in [1.82, 2.24) is 5.32 Å². The van der Waals surface area contributed by atoms with Gasteiger partial charge in [0.25, 0.3) is 0 Å². The maximum atomic E-state index is 9.51. The molecule has 1 atom stereocenters. The van der Waals surface area contributed by atoms with E-state index in [0.29, 0.717) is 6.04 Å². The zero-order valence-electron chi connectivity index (χ0n) is 11.8. The fraction of sp³-hybridized carbons (Fsp3) is 0.588. The molecule has 1 saturated heterocycles. The first-order chi connectivity index (χ1) is 9.82. The smallest absolute Gasteiger partial charge is 0.0852 e. The molecule has 3 nitrogen and oxygen atoms in total. The summed E-state index contributed by atoms with van der Waals surface area (Å²) in [5.41, 5.74) is 0.916. The van der Waals surface area contributed by atoms with E-state index in [1.807, 2.05) is 18.2 Å². The van der Waals surface area contributed by atoms with Gasteiger partial charge in [-0.3, -0.25) is 0 Å². The van der Waals surface area contributed by atoms with Crippen LogP contribution in [-0.2, 0) is 10.2 Å². The van der Waals surface area contributed by atoms with Gasteiger partial charge in [-0.15, -0.1) is 0 Å². The van der Waals surface area contributed by atoms with Crippen molar-refractivity contribution >= 4 is 0 Å². The first kappa shape index (κ1) is 13.6. The van der Waals surface area contributed by atoms with Crippen LogP contribution >= 0.6 is 0 Å². The van der Waals surface area contributed by atoms with E-state index in [4.69, 9.17) is 4.74 Å². The lowest BCUT2D eigenvalue weighted by molar-refractivity contribution is 0.181. The molecule has 1 aromatic rings. The Kier molecular flexibility index (Phi) is 4.05. The van der Waals surface area contributed by atoms with Crippen molar-refractivity contribution < 1.29 is 4.74 Å². The molecule has 20 heavy (non-hydrogen) atoms. The summed E-state index contributed by atoms with van der Waals surface area (Å²) in [6.07, 6.45) is 4.28. The second kappa shape index (κ2) is 5.95. The molecule has 1 aliphatic carbocycles. The molecule has 0 spiro atoms. The van der Waals surface area contributed by atoms with Crippen LogP contribution in [0, 0.1) is 17.2 Å². The maximum Gasteiger partial charge on any atom is 0.0852 e. The van der Waals surface area contributed by atoms with Crippen molar-refractivity contribution in [1.29, 1.82) is 5.26 Å². The standard InChI is InChI=1S/C17H22N2O/c18-13-17(15-4-2-1-3-5-15)10-16(11-17)19-8-6-14-7-9-20-12-14/h1-5,14,16,19H,6-12H2. The Hall–Kier alpha value is -1.37. The fourth-order valence-electron chi connectivity index (χ4n) is 3.38. The number of nitriles is 1. The van der Waals surface area contributed by atoms with Gasteiger partial charge >= 0.3 is 0 Å². The van der Waals surface area contributed by atoms with Gasteiger partial charge in [0.1, 0.15) is 0 Å². The highest BCUT2D eigenvalue weighted by atomic mass is 16.5. The quantitative estimate of drug-likeness (QED) is 0.894. The van der Waals surface area contributed by atoms with Gasteiger partial charge in [-0.25, -0.2) is 0 Å². The second-order valence-electron chi connectivity index (χ2n) is 6.14. The summed E-state index contributed by atoms with van der Waals surface area (Å²) in [6.45, 7) is 2.91. The number of nitrogens with one attached hydrogen (secondary N) is 1. The van der Waals surface area contributed by atoms with Crippen molar-refractivity contribution in [3.8, 4) is 6.07 Å². The third-order valence-corrected chi connectivity index (χ3v) is 4.74. The van der Waals surface area contributed by atoms with Gasteiger partial charge in [0.2, 0.25) is 0 Å². The van der Waals surface area contributed by atoms with Crippen LogP contribution in [0.2, 0.25) is 0 Å². The molecular weight excluding hydrogens is 248 g/mol. The number of hydrogen-bond acceptors (Lipinski definition) is 3. The van der Waals surface area contributed by atoms with E-state index in [9.17, 15) is 5.26 Å². The zero-order chi connectivity index (χ0) is 13.8. The largest absolute Gasteiger partial charge is 0.381 e. The number of benzene rings is 1. The van der Waals surface area contributed by atoms with E-state index in [-0.39, 0.29) is 5.41 Å². The Labute approximate surface area is 120 Å². The lowest BCUT2D eigenvalue weighted by atomic mass is 9.62. The van der Waals surface area contributed by atoms with Gasteiger partial charge in [-0.2, -0.15) is 5.26 Å². The van der Waals surface area contributed by atoms with Crippen molar-refractivity contribution in [2.45, 2.75) is 37.1 Å². The maximum absolute atomic E-state index is 9.51. The van der Waals surface area contributed by atoms with E-state index >= 15 is 0 Å². The summed E-state index contributed by atoms with van der Waals surface area (Å²) in [6, 6.07) is 13.2. The summed E-state index contributed by atoms with van der Waals surface area (Å²) in [7, 11) is 0. The molecule has 106 valence electrons. The van der Waals surface area contributed by atoms with Gasteiger partial charge in [0, 0.05) is 19.3 Å². The van der Waals surface area contributed by atoms with Crippen molar-refractivity contribution in [3.63, 3.8) is 0 Å². The molecule has 0 bridgehead atoms. The molecule has 0 aromatic heterocycles. The summed E-state index contributed by atoms with van der Waals surface area (Å²) < 4.78 is 5.39. The number of hydrogen-bond donors (Lipinski definition) is 1. The molecule has 1 heterocycles. The van der Waals surface area contributed by atoms with Crippen LogP contribution in [0.5, 0.6) is 0 Å². The first-order valence-electron chi connectivity index (χ1n) is 7.60. The van der Waals surface area contributed by atoms with Crippen molar-refractivity contribution in [2.24, 2.45) is 5.92 Å². The molecular formula is C17H22N2O. The van der Waals surface area contributed by atoms with Gasteiger partial charge in [-0.05, 0) is 43.7 Å². The highest BCUT2D eigenvalue weighted by molar-refractivity contribution is 5.36. The molecule has 2 aliphatic rings. The van der Waals surface area contributed by atoms with Crippen LogP contribution in [0.4, 0.5) is 0 Å². The molecule has 1 aliphatic heterocycles. The molecule has 0 amide bonds. The monoisotopic (exact) mass is 270 g/mol. The third-order valence-electron chi connectivity index (χ3n) is 4.74. The molecule has 3 rings (SSSR count). The van der Waals surface area contributed by atoms with Gasteiger partial charge in [0.05, 0.1) is 11.5 Å². The van der Waals surface area contributed by atoms with E-state index in [0.717, 1.165) is 38.5 Å². The van der Waals surface area contributed by atoms with Gasteiger partial charge in [0.15, 0.2) is 0 Å². The van der Waals surface area contributed by atoms with Crippen molar-refractivity contribution in [2.75, 3.05) is 19.8 Å². The molecule has 2 fully saturated rings. The van der Waals surface area contributed by atoms with Crippen LogP contribution < -0.4 is 5.32 Å². The topological polar surface area (TPSA) is 45.0 Å². The summed E-state index contributed by atoms with van der Waals surface area (Å²) >= 11 is 0. The molecule has 1 unspecified atom stereocenters. The Morgan fingerprint density at radius 3 is 2.75 bits per heavy atom. The molecule has 0 radical (unpaired) electrons. The molecule has 1 N–H and O–H groups in total. The number of ether oxygens (including phenoxy) is 1. The summed E-state index contributed by atoms with van der Waals surface area (Å²) in [4.78, 5) is 0. The predicted molar refractivity (Wildman–Crippen MR) is 78.3 cm³/mol. The average molecular weight is 270 g/mol. The molecule has 3 heteroatoms. The van der Waals surface area contributed by atoms with E-state index in [1.54, 1.807) is 0 Å². The van der Waals surface area contributed by atoms with Crippen molar-refractivity contribution in [3.05, 3.63) is 35.9 Å². The second-order valence-corrected chi connectivity index (χ2v) is 6.14. The SMILES string of the molecule is N#CC1(c2ccccc2)CC(NCCC2CCOC2)C1. The minimum Gasteiger partial charge on any atom is -0.381 e. The lowest BCUT2D eigenvalue weighted by Gasteiger charge is -2.43. The number of nitrogens with zero attached hydrogens (tertiary/aromatic N) is 1. The fourth-order valence-corrected chi connectivity index (χ4v) is 3.38. The average Bonchev–Trinajstić information content (AvgIpc) is 2.96. The van der Waals surface area contributed by atoms with E-state index < -0.39 is 0 Å². The molecule has 1 aromatic carbocycles. The Balaban J connectivity index is 1.46. The van der Waals surface area contributed by atoms with Crippen LogP contribution in [0.3, 0.4) is 0 Å².